The lowest BCUT2D eigenvalue weighted by Crippen LogP contribution is -2.53. The standard InChI is InChI=1S/C26H28N4O8/c31-23(38-20-12-10-19(11-13-20)30(35)36)16-27-24(32)21-8-4-14-28(21)25(33)22-9-5-15-29(22)26(34)37-17-18-6-2-1-3-7-18/h1-3,6-7,10-13,21-22H,4-5,8-9,14-17H2,(H,27,32)/t21-,22-/m0/s1. The molecule has 3 amide bonds. The fraction of sp³-hybridized carbons (Fsp3) is 0.385. The van der Waals surface area contributed by atoms with Gasteiger partial charge in [0.15, 0.2) is 0 Å². The van der Waals surface area contributed by atoms with Crippen LogP contribution >= 0.6 is 0 Å². The first-order chi connectivity index (χ1) is 18.3. The van der Waals surface area contributed by atoms with Gasteiger partial charge < -0.3 is 19.7 Å². The molecule has 0 radical (unpaired) electrons. The number of esters is 1. The Labute approximate surface area is 218 Å². The monoisotopic (exact) mass is 524 g/mol. The van der Waals surface area contributed by atoms with Crippen molar-refractivity contribution >= 4 is 29.6 Å². The summed E-state index contributed by atoms with van der Waals surface area (Å²) in [4.78, 5) is 64.1. The Kier molecular flexibility index (Phi) is 8.51. The molecular weight excluding hydrogens is 496 g/mol. The summed E-state index contributed by atoms with van der Waals surface area (Å²) in [5, 5.41) is 13.2. The molecule has 0 aromatic heterocycles. The highest BCUT2D eigenvalue weighted by Gasteiger charge is 2.42. The van der Waals surface area contributed by atoms with Crippen molar-refractivity contribution in [1.82, 2.24) is 15.1 Å². The van der Waals surface area contributed by atoms with E-state index in [4.69, 9.17) is 9.47 Å². The first-order valence-corrected chi connectivity index (χ1v) is 12.3. The molecule has 2 fully saturated rings. The van der Waals surface area contributed by atoms with E-state index >= 15 is 0 Å². The average Bonchev–Trinajstić information content (AvgIpc) is 3.61. The van der Waals surface area contributed by atoms with Gasteiger partial charge in [-0.3, -0.25) is 24.6 Å². The summed E-state index contributed by atoms with van der Waals surface area (Å²) in [6, 6.07) is 12.7. The summed E-state index contributed by atoms with van der Waals surface area (Å²) >= 11 is 0. The Morgan fingerprint density at radius 2 is 1.58 bits per heavy atom. The largest absolute Gasteiger partial charge is 0.445 e. The number of likely N-dealkylation sites (tertiary alicyclic amines) is 2. The Balaban J connectivity index is 1.29. The zero-order valence-electron chi connectivity index (χ0n) is 20.6. The summed E-state index contributed by atoms with van der Waals surface area (Å²) < 4.78 is 10.5. The number of carbonyl (C=O) groups is 4. The molecule has 2 saturated heterocycles. The molecule has 0 spiro atoms. The van der Waals surface area contributed by atoms with Gasteiger partial charge in [-0.1, -0.05) is 30.3 Å². The Morgan fingerprint density at radius 3 is 2.26 bits per heavy atom. The van der Waals surface area contributed by atoms with Gasteiger partial charge in [-0.05, 0) is 43.4 Å². The summed E-state index contributed by atoms with van der Waals surface area (Å²) in [5.74, 6) is -1.46. The van der Waals surface area contributed by atoms with Crippen molar-refractivity contribution in [2.24, 2.45) is 0 Å². The predicted molar refractivity (Wildman–Crippen MR) is 133 cm³/mol. The van der Waals surface area contributed by atoms with Crippen LogP contribution in [0.5, 0.6) is 5.75 Å². The Morgan fingerprint density at radius 1 is 0.921 bits per heavy atom. The molecule has 0 saturated carbocycles. The van der Waals surface area contributed by atoms with Crippen LogP contribution in [0.3, 0.4) is 0 Å². The SMILES string of the molecule is O=C(CNC(=O)[C@@H]1CCCN1C(=O)[C@@H]1CCCN1C(=O)OCc1ccccc1)Oc1ccc([N+](=O)[O-])cc1. The first kappa shape index (κ1) is 26.6. The molecular formula is C26H28N4O8. The van der Waals surface area contributed by atoms with E-state index < -0.39 is 41.5 Å². The first-order valence-electron chi connectivity index (χ1n) is 12.3. The number of nitrogens with one attached hydrogen (secondary N) is 1. The number of nitrogens with zero attached hydrogens (tertiary/aromatic N) is 3. The van der Waals surface area contributed by atoms with Crippen LogP contribution in [0.25, 0.3) is 0 Å². The second kappa shape index (κ2) is 12.2. The maximum Gasteiger partial charge on any atom is 0.410 e. The quantitative estimate of drug-likeness (QED) is 0.240. The van der Waals surface area contributed by atoms with Gasteiger partial charge in [0.2, 0.25) is 11.8 Å². The summed E-state index contributed by atoms with van der Waals surface area (Å²) in [6.45, 7) is 0.425. The van der Waals surface area contributed by atoms with Crippen LogP contribution in [0.15, 0.2) is 54.6 Å². The number of rotatable bonds is 8. The van der Waals surface area contributed by atoms with Gasteiger partial charge in [-0.2, -0.15) is 0 Å². The van der Waals surface area contributed by atoms with Gasteiger partial charge >= 0.3 is 12.1 Å². The van der Waals surface area contributed by atoms with E-state index in [0.29, 0.717) is 38.8 Å². The molecule has 2 aliphatic rings. The second-order valence-corrected chi connectivity index (χ2v) is 9.02. The lowest BCUT2D eigenvalue weighted by Gasteiger charge is -2.30. The highest BCUT2D eigenvalue weighted by Crippen LogP contribution is 2.26. The number of nitro benzene ring substituents is 1. The molecule has 2 atom stereocenters. The smallest absolute Gasteiger partial charge is 0.410 e. The van der Waals surface area contributed by atoms with Crippen LogP contribution in [-0.2, 0) is 25.7 Å². The van der Waals surface area contributed by atoms with Gasteiger partial charge in [0, 0.05) is 25.2 Å². The minimum absolute atomic E-state index is 0.0990. The Bertz CT molecular complexity index is 1190. The minimum Gasteiger partial charge on any atom is -0.445 e. The predicted octanol–water partition coefficient (Wildman–Crippen LogP) is 2.41. The van der Waals surface area contributed by atoms with Crippen LogP contribution in [-0.4, -0.2) is 70.3 Å². The van der Waals surface area contributed by atoms with Crippen molar-refractivity contribution in [3.8, 4) is 5.75 Å². The fourth-order valence-corrected chi connectivity index (χ4v) is 4.62. The second-order valence-electron chi connectivity index (χ2n) is 9.02. The number of benzene rings is 2. The average molecular weight is 525 g/mol. The van der Waals surface area contributed by atoms with Crippen LogP contribution in [0.2, 0.25) is 0 Å². The van der Waals surface area contributed by atoms with Crippen LogP contribution < -0.4 is 10.1 Å². The molecule has 38 heavy (non-hydrogen) atoms. The molecule has 200 valence electrons. The summed E-state index contributed by atoms with van der Waals surface area (Å²) in [6.07, 6.45) is 1.60. The van der Waals surface area contributed by atoms with Gasteiger partial charge in [0.25, 0.3) is 5.69 Å². The zero-order chi connectivity index (χ0) is 27.1. The maximum atomic E-state index is 13.4. The minimum atomic E-state index is -0.766. The Hall–Kier alpha value is -4.48. The lowest BCUT2D eigenvalue weighted by atomic mass is 10.1. The van der Waals surface area contributed by atoms with E-state index in [2.05, 4.69) is 5.32 Å². The topological polar surface area (TPSA) is 148 Å². The molecule has 0 aliphatic carbocycles. The van der Waals surface area contributed by atoms with Gasteiger partial charge in [0.05, 0.1) is 4.92 Å². The molecule has 2 aliphatic heterocycles. The number of hydrogen-bond donors (Lipinski definition) is 1. The number of hydrogen-bond acceptors (Lipinski definition) is 8. The molecule has 4 rings (SSSR count). The summed E-state index contributed by atoms with van der Waals surface area (Å²) in [5.41, 5.74) is 0.695. The number of carbonyl (C=O) groups excluding carboxylic acids is 4. The van der Waals surface area contributed by atoms with E-state index in [1.807, 2.05) is 30.3 Å². The van der Waals surface area contributed by atoms with Crippen molar-refractivity contribution < 1.29 is 33.6 Å². The van der Waals surface area contributed by atoms with Crippen molar-refractivity contribution in [1.29, 1.82) is 0 Å². The molecule has 2 aromatic carbocycles. The van der Waals surface area contributed by atoms with Crippen molar-refractivity contribution in [3.05, 3.63) is 70.3 Å². The third-order valence-electron chi connectivity index (χ3n) is 6.50. The number of amides is 3. The molecule has 12 heteroatoms. The third kappa shape index (κ3) is 6.44. The van der Waals surface area contributed by atoms with Crippen LogP contribution in [0, 0.1) is 10.1 Å². The van der Waals surface area contributed by atoms with Crippen molar-refractivity contribution in [2.45, 2.75) is 44.4 Å². The van der Waals surface area contributed by atoms with E-state index in [1.54, 1.807) is 0 Å². The highest BCUT2D eigenvalue weighted by molar-refractivity contribution is 5.93. The number of ether oxygens (including phenoxy) is 2. The van der Waals surface area contributed by atoms with E-state index in [-0.39, 0.29) is 24.0 Å². The molecule has 0 bridgehead atoms. The van der Waals surface area contributed by atoms with Crippen LogP contribution in [0.4, 0.5) is 10.5 Å². The molecule has 0 unspecified atom stereocenters. The molecule has 12 nitrogen and oxygen atoms in total. The third-order valence-corrected chi connectivity index (χ3v) is 6.50. The molecule has 2 aromatic rings. The number of non-ortho nitro benzene ring substituents is 1. The molecule has 1 N–H and O–H groups in total. The van der Waals surface area contributed by atoms with Crippen LogP contribution in [0.1, 0.15) is 31.2 Å². The van der Waals surface area contributed by atoms with Crippen molar-refractivity contribution in [2.75, 3.05) is 19.6 Å². The highest BCUT2D eigenvalue weighted by atomic mass is 16.6. The van der Waals surface area contributed by atoms with E-state index in [0.717, 1.165) is 5.56 Å². The fourth-order valence-electron chi connectivity index (χ4n) is 4.62. The van der Waals surface area contributed by atoms with E-state index in [9.17, 15) is 29.3 Å². The van der Waals surface area contributed by atoms with Crippen molar-refractivity contribution in [3.63, 3.8) is 0 Å². The van der Waals surface area contributed by atoms with Gasteiger partial charge in [-0.15, -0.1) is 0 Å². The normalized spacial score (nSPS) is 18.6. The van der Waals surface area contributed by atoms with Gasteiger partial charge in [0.1, 0.15) is 31.0 Å². The lowest BCUT2D eigenvalue weighted by molar-refractivity contribution is -0.384. The van der Waals surface area contributed by atoms with E-state index in [1.165, 1.54) is 34.1 Å². The zero-order valence-corrected chi connectivity index (χ0v) is 20.6. The maximum absolute atomic E-state index is 13.4. The molecule has 2 heterocycles. The van der Waals surface area contributed by atoms with Gasteiger partial charge in [-0.25, -0.2) is 9.59 Å². The summed E-state index contributed by atoms with van der Waals surface area (Å²) in [7, 11) is 0. The number of nitro groups is 1.